The third kappa shape index (κ3) is 4.78. The maximum absolute atomic E-state index is 12.4. The fourth-order valence-corrected chi connectivity index (χ4v) is 4.83. The first-order chi connectivity index (χ1) is 10.2. The van der Waals surface area contributed by atoms with Crippen LogP contribution in [-0.4, -0.2) is 39.6 Å². The van der Waals surface area contributed by atoms with Crippen molar-refractivity contribution >= 4 is 9.84 Å². The van der Waals surface area contributed by atoms with Crippen molar-refractivity contribution in [3.8, 4) is 0 Å². The zero-order valence-corrected chi connectivity index (χ0v) is 14.5. The maximum atomic E-state index is 12.4. The van der Waals surface area contributed by atoms with Crippen molar-refractivity contribution in [1.29, 1.82) is 0 Å². The van der Waals surface area contributed by atoms with Crippen LogP contribution in [0.5, 0.6) is 0 Å². The van der Waals surface area contributed by atoms with Gasteiger partial charge in [0.15, 0.2) is 9.84 Å². The number of nitrogens with zero attached hydrogens (tertiary/aromatic N) is 3. The molecule has 0 atom stereocenters. The van der Waals surface area contributed by atoms with E-state index in [0.717, 1.165) is 12.8 Å². The zero-order chi connectivity index (χ0) is 16.4. The van der Waals surface area contributed by atoms with Crippen LogP contribution in [0.25, 0.3) is 0 Å². The van der Waals surface area contributed by atoms with Crippen molar-refractivity contribution in [2.75, 3.05) is 5.75 Å². The molecule has 22 heavy (non-hydrogen) atoms. The highest BCUT2D eigenvalue weighted by Gasteiger charge is 2.36. The molecule has 0 spiro atoms. The fraction of sp³-hybridized carbons (Fsp3) is 0.867. The number of aromatic nitrogens is 3. The summed E-state index contributed by atoms with van der Waals surface area (Å²) in [5.74, 6) is 1.06. The Balaban J connectivity index is 2.04. The molecule has 1 aliphatic rings. The second-order valence-electron chi connectivity index (χ2n) is 7.19. The summed E-state index contributed by atoms with van der Waals surface area (Å²) in [4.78, 5) is 4.07. The number of aliphatic hydroxyl groups is 1. The van der Waals surface area contributed by atoms with Gasteiger partial charge in [-0.05, 0) is 37.5 Å². The van der Waals surface area contributed by atoms with Crippen LogP contribution in [0.15, 0.2) is 6.33 Å². The summed E-state index contributed by atoms with van der Waals surface area (Å²) < 4.78 is 26.5. The molecular weight excluding hydrogens is 302 g/mol. The third-order valence-electron chi connectivity index (χ3n) is 4.28. The zero-order valence-electron chi connectivity index (χ0n) is 13.7. The van der Waals surface area contributed by atoms with Crippen LogP contribution >= 0.6 is 0 Å². The molecule has 0 amide bonds. The minimum Gasteiger partial charge on any atom is -0.389 e. The summed E-state index contributed by atoms with van der Waals surface area (Å²) in [5, 5.41) is 14.6. The Labute approximate surface area is 132 Å². The van der Waals surface area contributed by atoms with Crippen molar-refractivity contribution < 1.29 is 13.5 Å². The normalized spacial score (nSPS) is 26.5. The number of hydrogen-bond acceptors (Lipinski definition) is 5. The lowest BCUT2D eigenvalue weighted by molar-refractivity contribution is 0.0135. The van der Waals surface area contributed by atoms with Gasteiger partial charge in [0, 0.05) is 6.54 Å². The highest BCUT2D eigenvalue weighted by molar-refractivity contribution is 7.90. The SMILES string of the molecule is CC(C)Cn1ncnc1CS(=O)(=O)CC1(O)CCC(C)CC1. The molecule has 1 fully saturated rings. The molecule has 0 saturated heterocycles. The molecular formula is C15H27N3O3S. The van der Waals surface area contributed by atoms with Crippen LogP contribution in [0.3, 0.4) is 0 Å². The van der Waals surface area contributed by atoms with Gasteiger partial charge in [-0.2, -0.15) is 5.10 Å². The van der Waals surface area contributed by atoms with Gasteiger partial charge in [0.05, 0.1) is 11.4 Å². The smallest absolute Gasteiger partial charge is 0.160 e. The second kappa shape index (κ2) is 6.66. The van der Waals surface area contributed by atoms with Gasteiger partial charge in [0.2, 0.25) is 0 Å². The van der Waals surface area contributed by atoms with E-state index in [0.29, 0.717) is 37.0 Å². The molecule has 1 heterocycles. The molecule has 1 aromatic heterocycles. The van der Waals surface area contributed by atoms with Crippen LogP contribution in [0.2, 0.25) is 0 Å². The fourth-order valence-electron chi connectivity index (χ4n) is 3.00. The minimum atomic E-state index is -3.41. The summed E-state index contributed by atoms with van der Waals surface area (Å²) in [6.45, 7) is 6.88. The van der Waals surface area contributed by atoms with Gasteiger partial charge < -0.3 is 5.11 Å². The number of sulfone groups is 1. The highest BCUT2D eigenvalue weighted by Crippen LogP contribution is 2.33. The average molecular weight is 329 g/mol. The first-order valence-corrected chi connectivity index (χ1v) is 9.81. The molecule has 0 unspecified atom stereocenters. The summed E-state index contributed by atoms with van der Waals surface area (Å²) in [6.07, 6.45) is 4.29. The van der Waals surface area contributed by atoms with Crippen molar-refractivity contribution in [2.45, 2.75) is 64.4 Å². The molecule has 1 aromatic rings. The molecule has 0 bridgehead atoms. The number of hydrogen-bond donors (Lipinski definition) is 1. The summed E-state index contributed by atoms with van der Waals surface area (Å²) in [7, 11) is -3.41. The van der Waals surface area contributed by atoms with E-state index < -0.39 is 15.4 Å². The van der Waals surface area contributed by atoms with E-state index in [4.69, 9.17) is 0 Å². The van der Waals surface area contributed by atoms with Crippen LogP contribution in [0, 0.1) is 11.8 Å². The number of rotatable bonds is 6. The lowest BCUT2D eigenvalue weighted by atomic mass is 9.81. The molecule has 0 aromatic carbocycles. The molecule has 1 N–H and O–H groups in total. The quantitative estimate of drug-likeness (QED) is 0.860. The molecule has 1 aliphatic carbocycles. The van der Waals surface area contributed by atoms with Gasteiger partial charge >= 0.3 is 0 Å². The molecule has 126 valence electrons. The third-order valence-corrected chi connectivity index (χ3v) is 5.95. The van der Waals surface area contributed by atoms with Gasteiger partial charge in [-0.25, -0.2) is 18.1 Å². The predicted molar refractivity (Wildman–Crippen MR) is 84.9 cm³/mol. The van der Waals surface area contributed by atoms with E-state index in [-0.39, 0.29) is 11.5 Å². The van der Waals surface area contributed by atoms with E-state index in [2.05, 4.69) is 17.0 Å². The average Bonchev–Trinajstić information content (AvgIpc) is 2.78. The van der Waals surface area contributed by atoms with Crippen LogP contribution in [0.1, 0.15) is 52.3 Å². The van der Waals surface area contributed by atoms with Crippen LogP contribution in [-0.2, 0) is 22.1 Å². The van der Waals surface area contributed by atoms with Gasteiger partial charge in [-0.1, -0.05) is 20.8 Å². The minimum absolute atomic E-state index is 0.155. The Morgan fingerprint density at radius 2 is 2.05 bits per heavy atom. The lowest BCUT2D eigenvalue weighted by Gasteiger charge is -2.34. The highest BCUT2D eigenvalue weighted by atomic mass is 32.2. The van der Waals surface area contributed by atoms with Gasteiger partial charge in [-0.3, -0.25) is 0 Å². The van der Waals surface area contributed by atoms with E-state index in [1.54, 1.807) is 4.68 Å². The summed E-state index contributed by atoms with van der Waals surface area (Å²) in [5.41, 5.74) is -1.08. The molecule has 2 rings (SSSR count). The second-order valence-corrected chi connectivity index (χ2v) is 9.26. The maximum Gasteiger partial charge on any atom is 0.160 e. The molecule has 6 nitrogen and oxygen atoms in total. The lowest BCUT2D eigenvalue weighted by Crippen LogP contribution is -2.41. The van der Waals surface area contributed by atoms with Gasteiger partial charge in [0.25, 0.3) is 0 Å². The first-order valence-electron chi connectivity index (χ1n) is 7.99. The van der Waals surface area contributed by atoms with E-state index in [9.17, 15) is 13.5 Å². The Kier molecular flexibility index (Phi) is 5.27. The van der Waals surface area contributed by atoms with Crippen molar-refractivity contribution in [2.24, 2.45) is 11.8 Å². The molecule has 7 heteroatoms. The van der Waals surface area contributed by atoms with Crippen LogP contribution < -0.4 is 0 Å². The topological polar surface area (TPSA) is 85.1 Å². The Morgan fingerprint density at radius 1 is 1.41 bits per heavy atom. The summed E-state index contributed by atoms with van der Waals surface area (Å²) >= 11 is 0. The van der Waals surface area contributed by atoms with E-state index in [1.807, 2.05) is 13.8 Å². The van der Waals surface area contributed by atoms with Crippen molar-refractivity contribution in [3.63, 3.8) is 0 Å². The van der Waals surface area contributed by atoms with Crippen molar-refractivity contribution in [3.05, 3.63) is 12.2 Å². The van der Waals surface area contributed by atoms with E-state index >= 15 is 0 Å². The van der Waals surface area contributed by atoms with Gasteiger partial charge in [0.1, 0.15) is 17.9 Å². The van der Waals surface area contributed by atoms with Crippen LogP contribution in [0.4, 0.5) is 0 Å². The Bertz CT molecular complexity index is 587. The van der Waals surface area contributed by atoms with E-state index in [1.165, 1.54) is 6.33 Å². The Hall–Kier alpha value is -0.950. The molecule has 0 aliphatic heterocycles. The molecule has 0 radical (unpaired) electrons. The predicted octanol–water partition coefficient (Wildman–Crippen LogP) is 1.79. The van der Waals surface area contributed by atoms with Gasteiger partial charge in [-0.15, -0.1) is 0 Å². The van der Waals surface area contributed by atoms with Crippen molar-refractivity contribution in [1.82, 2.24) is 14.8 Å². The Morgan fingerprint density at radius 3 is 2.64 bits per heavy atom. The first kappa shape index (κ1) is 17.4. The largest absolute Gasteiger partial charge is 0.389 e. The standard InChI is InChI=1S/C15H27N3O3S/c1-12(2)8-18-14(16-11-17-18)9-22(20,21)10-15(19)6-4-13(3)5-7-15/h11-13,19H,4-10H2,1-3H3. The summed E-state index contributed by atoms with van der Waals surface area (Å²) in [6, 6.07) is 0. The molecule has 1 saturated carbocycles. The monoisotopic (exact) mass is 329 g/mol.